The molecule has 0 aromatic heterocycles. The Bertz CT molecular complexity index is 1270. The van der Waals surface area contributed by atoms with Gasteiger partial charge < -0.3 is 15.4 Å². The molecule has 0 radical (unpaired) electrons. The van der Waals surface area contributed by atoms with Crippen molar-refractivity contribution in [2.24, 2.45) is 0 Å². The lowest BCUT2D eigenvalue weighted by molar-refractivity contribution is -0.201. The fourth-order valence-corrected chi connectivity index (χ4v) is 4.45. The first-order chi connectivity index (χ1) is 16.8. The second-order valence-electron chi connectivity index (χ2n) is 8.74. The monoisotopic (exact) mass is 524 g/mol. The zero-order valence-electron chi connectivity index (χ0n) is 20.0. The highest BCUT2D eigenvalue weighted by molar-refractivity contribution is 7.91. The van der Waals surface area contributed by atoms with Gasteiger partial charge in [0.05, 0.1) is 6.61 Å². The van der Waals surface area contributed by atoms with Crippen molar-refractivity contribution in [3.8, 4) is 5.75 Å². The standard InChI is InChI=1S/C25H27F3N2O5S/c1-4-13-35-19-11-9-18(10-12-19)24(25(26,27)28)14-20(17-7-5-16(2)6-8-17)22(23(32)30-24)29-21(31)15-36(3,33)34/h5-12H,4,13-15H2,1-3H3,(H,29,31)(H,30,32). The van der Waals surface area contributed by atoms with Crippen LogP contribution in [0.15, 0.2) is 54.2 Å². The number of hydrogen-bond donors (Lipinski definition) is 2. The van der Waals surface area contributed by atoms with Crippen molar-refractivity contribution in [2.45, 2.75) is 38.4 Å². The number of alkyl halides is 3. The number of aryl methyl sites for hydroxylation is 1. The van der Waals surface area contributed by atoms with Crippen LogP contribution in [0.4, 0.5) is 13.2 Å². The van der Waals surface area contributed by atoms with Crippen molar-refractivity contribution in [3.63, 3.8) is 0 Å². The molecule has 11 heteroatoms. The molecule has 194 valence electrons. The van der Waals surface area contributed by atoms with E-state index in [1.165, 1.54) is 24.3 Å². The van der Waals surface area contributed by atoms with Crippen LogP contribution in [0.5, 0.6) is 5.75 Å². The van der Waals surface area contributed by atoms with E-state index >= 15 is 0 Å². The van der Waals surface area contributed by atoms with Crippen LogP contribution in [0.2, 0.25) is 0 Å². The lowest BCUT2D eigenvalue weighted by Crippen LogP contribution is -2.60. The van der Waals surface area contributed by atoms with Gasteiger partial charge in [-0.1, -0.05) is 48.9 Å². The Morgan fingerprint density at radius 3 is 2.25 bits per heavy atom. The molecule has 1 aliphatic rings. The smallest absolute Gasteiger partial charge is 0.416 e. The third-order valence-corrected chi connectivity index (χ3v) is 6.45. The molecule has 0 saturated carbocycles. The average Bonchev–Trinajstić information content (AvgIpc) is 2.78. The molecule has 1 heterocycles. The Morgan fingerprint density at radius 1 is 1.11 bits per heavy atom. The molecule has 2 N–H and O–H groups in total. The summed E-state index contributed by atoms with van der Waals surface area (Å²) in [6, 6.07) is 11.7. The first kappa shape index (κ1) is 27.3. The summed E-state index contributed by atoms with van der Waals surface area (Å²) >= 11 is 0. The maximum absolute atomic E-state index is 14.7. The molecule has 2 aromatic rings. The number of rotatable bonds is 8. The number of halogens is 3. The van der Waals surface area contributed by atoms with Gasteiger partial charge in [-0.15, -0.1) is 0 Å². The highest BCUT2D eigenvalue weighted by Crippen LogP contribution is 2.48. The van der Waals surface area contributed by atoms with E-state index in [-0.39, 0.29) is 11.1 Å². The Balaban J connectivity index is 2.14. The largest absolute Gasteiger partial charge is 0.494 e. The summed E-state index contributed by atoms with van der Waals surface area (Å²) in [5.74, 6) is -2.73. The first-order valence-electron chi connectivity index (χ1n) is 11.2. The second-order valence-corrected chi connectivity index (χ2v) is 10.9. The summed E-state index contributed by atoms with van der Waals surface area (Å²) in [6.45, 7) is 4.09. The molecular weight excluding hydrogens is 497 g/mol. The fourth-order valence-electron chi connectivity index (χ4n) is 3.90. The maximum atomic E-state index is 14.7. The quantitative estimate of drug-likeness (QED) is 0.549. The van der Waals surface area contributed by atoms with E-state index in [0.717, 1.165) is 18.2 Å². The number of carbonyl (C=O) groups is 2. The number of carbonyl (C=O) groups excluding carboxylic acids is 2. The lowest BCUT2D eigenvalue weighted by Gasteiger charge is -2.41. The van der Waals surface area contributed by atoms with Gasteiger partial charge in [0.15, 0.2) is 15.4 Å². The Labute approximate surface area is 207 Å². The predicted octanol–water partition coefficient (Wildman–Crippen LogP) is 3.63. The molecular formula is C25H27F3N2O5S. The highest BCUT2D eigenvalue weighted by atomic mass is 32.2. The highest BCUT2D eigenvalue weighted by Gasteiger charge is 2.59. The molecule has 2 aromatic carbocycles. The van der Waals surface area contributed by atoms with E-state index in [1.807, 2.05) is 6.92 Å². The Morgan fingerprint density at radius 2 is 1.72 bits per heavy atom. The van der Waals surface area contributed by atoms with Gasteiger partial charge in [-0.05, 0) is 42.2 Å². The van der Waals surface area contributed by atoms with Crippen LogP contribution < -0.4 is 15.4 Å². The van der Waals surface area contributed by atoms with Gasteiger partial charge in [-0.2, -0.15) is 13.2 Å². The maximum Gasteiger partial charge on any atom is 0.416 e. The Hall–Kier alpha value is -3.34. The first-order valence-corrected chi connectivity index (χ1v) is 13.2. The zero-order chi connectivity index (χ0) is 26.7. The predicted molar refractivity (Wildman–Crippen MR) is 129 cm³/mol. The normalized spacial score (nSPS) is 18.6. The molecule has 3 rings (SSSR count). The van der Waals surface area contributed by atoms with Crippen LogP contribution in [-0.4, -0.2) is 45.0 Å². The third kappa shape index (κ3) is 6.07. The topological polar surface area (TPSA) is 102 Å². The molecule has 36 heavy (non-hydrogen) atoms. The van der Waals surface area contributed by atoms with Gasteiger partial charge in [0, 0.05) is 12.7 Å². The van der Waals surface area contributed by atoms with E-state index in [0.29, 0.717) is 17.9 Å². The molecule has 1 atom stereocenters. The van der Waals surface area contributed by atoms with Gasteiger partial charge >= 0.3 is 6.18 Å². The molecule has 0 bridgehead atoms. The molecule has 0 fully saturated rings. The van der Waals surface area contributed by atoms with E-state index in [4.69, 9.17) is 4.74 Å². The van der Waals surface area contributed by atoms with Crippen molar-refractivity contribution in [1.29, 1.82) is 0 Å². The van der Waals surface area contributed by atoms with Crippen LogP contribution in [-0.2, 0) is 25.0 Å². The van der Waals surface area contributed by atoms with Crippen molar-refractivity contribution in [1.82, 2.24) is 10.6 Å². The van der Waals surface area contributed by atoms with E-state index in [2.05, 4.69) is 10.6 Å². The number of sulfone groups is 1. The molecule has 0 spiro atoms. The second kappa shape index (κ2) is 10.3. The van der Waals surface area contributed by atoms with Gasteiger partial charge in [-0.25, -0.2) is 8.42 Å². The number of hydrogen-bond acceptors (Lipinski definition) is 5. The van der Waals surface area contributed by atoms with Crippen LogP contribution >= 0.6 is 0 Å². The molecule has 1 unspecified atom stereocenters. The third-order valence-electron chi connectivity index (χ3n) is 5.66. The summed E-state index contributed by atoms with van der Waals surface area (Å²) in [4.78, 5) is 25.4. The molecule has 0 saturated heterocycles. The fraction of sp³-hybridized carbons (Fsp3) is 0.360. The average molecular weight is 525 g/mol. The summed E-state index contributed by atoms with van der Waals surface area (Å²) in [7, 11) is -3.74. The molecule has 1 aliphatic heterocycles. The van der Waals surface area contributed by atoms with Crippen LogP contribution in [0.25, 0.3) is 5.57 Å². The molecule has 2 amide bonds. The number of benzene rings is 2. The van der Waals surface area contributed by atoms with Crippen molar-refractivity contribution >= 4 is 27.2 Å². The van der Waals surface area contributed by atoms with Crippen molar-refractivity contribution in [2.75, 3.05) is 18.6 Å². The molecule has 7 nitrogen and oxygen atoms in total. The minimum atomic E-state index is -4.91. The molecule has 0 aliphatic carbocycles. The summed E-state index contributed by atoms with van der Waals surface area (Å²) in [6.07, 6.45) is -4.07. The summed E-state index contributed by atoms with van der Waals surface area (Å²) in [5, 5.41) is 4.27. The van der Waals surface area contributed by atoms with Crippen LogP contribution in [0.3, 0.4) is 0 Å². The lowest BCUT2D eigenvalue weighted by atomic mass is 9.77. The number of amides is 2. The minimum absolute atomic E-state index is 0.0655. The summed E-state index contributed by atoms with van der Waals surface area (Å²) < 4.78 is 72.6. The number of ether oxygens (including phenoxy) is 1. The van der Waals surface area contributed by atoms with E-state index in [1.54, 1.807) is 31.2 Å². The van der Waals surface area contributed by atoms with Gasteiger partial charge in [0.2, 0.25) is 5.91 Å². The van der Waals surface area contributed by atoms with Crippen LogP contribution in [0, 0.1) is 6.92 Å². The SMILES string of the molecule is CCCOc1ccc(C2(C(F)(F)F)CC(c3ccc(C)cc3)=C(NC(=O)CS(C)(=O)=O)C(=O)N2)cc1. The summed E-state index contributed by atoms with van der Waals surface area (Å²) in [5.41, 5.74) is -2.36. The number of nitrogens with one attached hydrogen (secondary N) is 2. The van der Waals surface area contributed by atoms with Gasteiger partial charge in [0.1, 0.15) is 17.2 Å². The Kier molecular flexibility index (Phi) is 7.82. The van der Waals surface area contributed by atoms with E-state index < -0.39 is 51.2 Å². The van der Waals surface area contributed by atoms with Crippen LogP contribution in [0.1, 0.15) is 36.5 Å². The van der Waals surface area contributed by atoms with E-state index in [9.17, 15) is 31.2 Å². The zero-order valence-corrected chi connectivity index (χ0v) is 20.8. The minimum Gasteiger partial charge on any atom is -0.494 e. The van der Waals surface area contributed by atoms with Crippen molar-refractivity contribution in [3.05, 3.63) is 70.9 Å². The van der Waals surface area contributed by atoms with Gasteiger partial charge in [0.25, 0.3) is 5.91 Å². The van der Waals surface area contributed by atoms with Crippen molar-refractivity contribution < 1.29 is 35.9 Å². The van der Waals surface area contributed by atoms with Gasteiger partial charge in [-0.3, -0.25) is 9.59 Å².